The van der Waals surface area contributed by atoms with Crippen molar-refractivity contribution in [3.8, 4) is 0 Å². The van der Waals surface area contributed by atoms with Crippen LogP contribution in [-0.2, 0) is 14.6 Å². The molecule has 0 aliphatic carbocycles. The minimum absolute atomic E-state index is 0.0441. The van der Waals surface area contributed by atoms with Crippen molar-refractivity contribution in [2.24, 2.45) is 0 Å². The van der Waals surface area contributed by atoms with E-state index in [0.717, 1.165) is 4.31 Å². The number of aromatic nitrogens is 1. The molecule has 11 heteroatoms. The van der Waals surface area contributed by atoms with Crippen molar-refractivity contribution in [1.82, 2.24) is 18.6 Å². The van der Waals surface area contributed by atoms with Gasteiger partial charge in [-0.25, -0.2) is 27.0 Å². The fourth-order valence-electron chi connectivity index (χ4n) is 1.59. The summed E-state index contributed by atoms with van der Waals surface area (Å²) in [7, 11) is 2.53. The second kappa shape index (κ2) is 6.94. The highest BCUT2D eigenvalue weighted by molar-refractivity contribution is 9.10. The molecule has 126 valence electrons. The molecular formula is C11H21BrN5O3PS. The topological polar surface area (TPSA) is 85.8 Å². The van der Waals surface area contributed by atoms with Gasteiger partial charge in [0.2, 0.25) is 10.0 Å². The van der Waals surface area contributed by atoms with Crippen molar-refractivity contribution in [3.05, 3.63) is 16.7 Å². The fraction of sp³-hybridized carbons (Fsp3) is 0.545. The standard InChI is InChI=1S/C11H21BrN5O3PS/c1-15(2)21(18,16(3)4)14-11-10(7-9(12)8-13-11)22(19,20)17(5)6/h7-8H,1-6H3,(H,13,14,18). The van der Waals surface area contributed by atoms with Crippen LogP contribution in [0, 0.1) is 0 Å². The Balaban J connectivity index is 3.48. The molecule has 0 bridgehead atoms. The van der Waals surface area contributed by atoms with Crippen LogP contribution in [-0.4, -0.2) is 69.3 Å². The van der Waals surface area contributed by atoms with Crippen LogP contribution in [0.4, 0.5) is 5.82 Å². The highest BCUT2D eigenvalue weighted by Crippen LogP contribution is 2.49. The summed E-state index contributed by atoms with van der Waals surface area (Å²) in [5.41, 5.74) is 0. The first kappa shape index (κ1) is 19.5. The third kappa shape index (κ3) is 3.87. The fourth-order valence-corrected chi connectivity index (χ4v) is 4.74. The van der Waals surface area contributed by atoms with Gasteiger partial charge in [0.1, 0.15) is 4.90 Å². The number of rotatable bonds is 6. The summed E-state index contributed by atoms with van der Waals surface area (Å²) in [4.78, 5) is 4.04. The molecule has 0 spiro atoms. The second-order valence-electron chi connectivity index (χ2n) is 5.14. The average molecular weight is 414 g/mol. The Morgan fingerprint density at radius 1 is 1.14 bits per heavy atom. The number of anilines is 1. The van der Waals surface area contributed by atoms with E-state index in [0.29, 0.717) is 4.47 Å². The first-order valence-corrected chi connectivity index (χ1v) is 10.1. The third-order valence-electron chi connectivity index (χ3n) is 2.91. The number of pyridine rings is 1. The molecule has 0 fully saturated rings. The molecule has 1 aromatic rings. The molecule has 1 rings (SSSR count). The van der Waals surface area contributed by atoms with E-state index in [-0.39, 0.29) is 10.7 Å². The molecule has 0 aliphatic rings. The maximum Gasteiger partial charge on any atom is 0.308 e. The van der Waals surface area contributed by atoms with Gasteiger partial charge >= 0.3 is 7.59 Å². The normalized spacial score (nSPS) is 13.2. The minimum atomic E-state index is -3.73. The molecule has 22 heavy (non-hydrogen) atoms. The largest absolute Gasteiger partial charge is 0.308 e. The van der Waals surface area contributed by atoms with Crippen LogP contribution in [0.3, 0.4) is 0 Å². The van der Waals surface area contributed by atoms with E-state index in [1.54, 1.807) is 28.2 Å². The number of nitrogens with zero attached hydrogens (tertiary/aromatic N) is 4. The van der Waals surface area contributed by atoms with E-state index in [2.05, 4.69) is 26.0 Å². The molecule has 1 heterocycles. The zero-order valence-corrected chi connectivity index (χ0v) is 16.7. The van der Waals surface area contributed by atoms with E-state index in [9.17, 15) is 13.0 Å². The highest BCUT2D eigenvalue weighted by atomic mass is 79.9. The summed E-state index contributed by atoms with van der Waals surface area (Å²) in [5, 5.41) is 2.78. The van der Waals surface area contributed by atoms with Gasteiger partial charge in [-0.15, -0.1) is 0 Å². The van der Waals surface area contributed by atoms with Crippen molar-refractivity contribution < 1.29 is 13.0 Å². The monoisotopic (exact) mass is 413 g/mol. The van der Waals surface area contributed by atoms with Gasteiger partial charge in [-0.1, -0.05) is 0 Å². The zero-order valence-electron chi connectivity index (χ0n) is 13.4. The minimum Gasteiger partial charge on any atom is -0.296 e. The van der Waals surface area contributed by atoms with Gasteiger partial charge in [0.05, 0.1) is 0 Å². The smallest absolute Gasteiger partial charge is 0.296 e. The van der Waals surface area contributed by atoms with Crippen LogP contribution in [0.25, 0.3) is 0 Å². The predicted molar refractivity (Wildman–Crippen MR) is 91.4 cm³/mol. The number of sulfonamides is 1. The molecule has 0 aromatic carbocycles. The quantitative estimate of drug-likeness (QED) is 0.710. The van der Waals surface area contributed by atoms with Gasteiger partial charge < -0.3 is 0 Å². The Kier molecular flexibility index (Phi) is 6.16. The lowest BCUT2D eigenvalue weighted by Crippen LogP contribution is -2.28. The average Bonchev–Trinajstić information content (AvgIpc) is 2.39. The Labute approximate surface area is 140 Å². The number of halogens is 1. The predicted octanol–water partition coefficient (Wildman–Crippen LogP) is 1.74. The molecule has 0 amide bonds. The van der Waals surface area contributed by atoms with E-state index in [1.165, 1.54) is 35.7 Å². The summed E-state index contributed by atoms with van der Waals surface area (Å²) < 4.78 is 42.5. The van der Waals surface area contributed by atoms with Crippen molar-refractivity contribution in [2.75, 3.05) is 47.4 Å². The Hall–Kier alpha value is -0.510. The SMILES string of the molecule is CN(C)P(=O)(Nc1ncc(Br)cc1S(=O)(=O)N(C)C)N(C)C. The molecular weight excluding hydrogens is 393 g/mol. The molecule has 1 N–H and O–H groups in total. The van der Waals surface area contributed by atoms with Gasteiger partial charge in [0, 0.05) is 24.8 Å². The van der Waals surface area contributed by atoms with Crippen LogP contribution in [0.5, 0.6) is 0 Å². The molecule has 0 saturated carbocycles. The van der Waals surface area contributed by atoms with Crippen LogP contribution in [0.1, 0.15) is 0 Å². The van der Waals surface area contributed by atoms with Gasteiger partial charge in [-0.2, -0.15) is 0 Å². The number of nitrogens with one attached hydrogen (secondary N) is 1. The van der Waals surface area contributed by atoms with Crippen molar-refractivity contribution >= 4 is 39.4 Å². The Bertz CT molecular complexity index is 681. The van der Waals surface area contributed by atoms with Crippen LogP contribution in [0.2, 0.25) is 0 Å². The zero-order chi connectivity index (χ0) is 17.3. The lowest BCUT2D eigenvalue weighted by molar-refractivity contribution is 0.453. The Morgan fingerprint density at radius 2 is 1.64 bits per heavy atom. The molecule has 0 unspecified atom stereocenters. The highest BCUT2D eigenvalue weighted by Gasteiger charge is 2.32. The molecule has 1 aromatic heterocycles. The number of hydrogen-bond donors (Lipinski definition) is 1. The molecule has 0 atom stereocenters. The lowest BCUT2D eigenvalue weighted by atomic mass is 10.5. The van der Waals surface area contributed by atoms with E-state index in [4.69, 9.17) is 0 Å². The second-order valence-corrected chi connectivity index (χ2v) is 11.1. The molecule has 0 saturated heterocycles. The summed E-state index contributed by atoms with van der Waals surface area (Å²) >= 11 is 3.21. The van der Waals surface area contributed by atoms with Gasteiger partial charge in [-0.05, 0) is 50.2 Å². The van der Waals surface area contributed by atoms with E-state index >= 15 is 0 Å². The third-order valence-corrected chi connectivity index (χ3v) is 7.85. The van der Waals surface area contributed by atoms with Crippen LogP contribution < -0.4 is 5.09 Å². The molecule has 0 aliphatic heterocycles. The lowest BCUT2D eigenvalue weighted by Gasteiger charge is -2.31. The van der Waals surface area contributed by atoms with E-state index in [1.807, 2.05) is 0 Å². The van der Waals surface area contributed by atoms with Gasteiger partial charge in [0.15, 0.2) is 5.82 Å². The number of hydrogen-bond acceptors (Lipinski definition) is 4. The van der Waals surface area contributed by atoms with Crippen LogP contribution >= 0.6 is 23.5 Å². The Morgan fingerprint density at radius 3 is 2.05 bits per heavy atom. The molecule has 0 radical (unpaired) electrons. The summed E-state index contributed by atoms with van der Waals surface area (Å²) in [6, 6.07) is 1.43. The summed E-state index contributed by atoms with van der Waals surface area (Å²) in [6.45, 7) is 0. The maximum absolute atomic E-state index is 13.0. The van der Waals surface area contributed by atoms with Crippen molar-refractivity contribution in [2.45, 2.75) is 4.90 Å². The van der Waals surface area contributed by atoms with Crippen LogP contribution in [0.15, 0.2) is 21.6 Å². The van der Waals surface area contributed by atoms with Crippen molar-refractivity contribution in [1.29, 1.82) is 0 Å². The molecule has 8 nitrogen and oxygen atoms in total. The maximum atomic E-state index is 13.0. The first-order valence-electron chi connectivity index (χ1n) is 6.25. The first-order chi connectivity index (χ1) is 9.92. The van der Waals surface area contributed by atoms with Crippen molar-refractivity contribution in [3.63, 3.8) is 0 Å². The van der Waals surface area contributed by atoms with E-state index < -0.39 is 17.6 Å². The van der Waals surface area contributed by atoms with Gasteiger partial charge in [-0.3, -0.25) is 9.65 Å². The summed E-state index contributed by atoms with van der Waals surface area (Å²) in [6.07, 6.45) is 1.45. The van der Waals surface area contributed by atoms with Gasteiger partial charge in [0.25, 0.3) is 0 Å². The summed E-state index contributed by atoms with van der Waals surface area (Å²) in [5.74, 6) is 0.0441.